The van der Waals surface area contributed by atoms with E-state index in [-0.39, 0.29) is 5.82 Å². The average molecular weight is 361 g/mol. The molecule has 6 heteroatoms. The standard InChI is InChI=1S/C19H25FN4S/c20-15-5-7-16(8-6-15)22-17-4-3-9-23(13-17)14-18-12-21-19(25-18)24-10-1-2-11-24/h5-8,12,17,22H,1-4,9-11,13-14H2/t17-/m0/s1. The molecule has 0 aliphatic carbocycles. The number of nitrogens with zero attached hydrogens (tertiary/aromatic N) is 3. The van der Waals surface area contributed by atoms with Crippen LogP contribution in [0.1, 0.15) is 30.6 Å². The first-order valence-electron chi connectivity index (χ1n) is 9.20. The number of benzene rings is 1. The highest BCUT2D eigenvalue weighted by atomic mass is 32.1. The highest BCUT2D eigenvalue weighted by molar-refractivity contribution is 7.15. The summed E-state index contributed by atoms with van der Waals surface area (Å²) in [5.41, 5.74) is 1.00. The fourth-order valence-corrected chi connectivity index (χ4v) is 4.75. The number of halogens is 1. The molecule has 1 N–H and O–H groups in total. The lowest BCUT2D eigenvalue weighted by molar-refractivity contribution is 0.210. The lowest BCUT2D eigenvalue weighted by Gasteiger charge is -2.33. The van der Waals surface area contributed by atoms with Crippen molar-refractivity contribution in [3.05, 3.63) is 41.2 Å². The minimum absolute atomic E-state index is 0.185. The normalized spacial score (nSPS) is 21.6. The van der Waals surface area contributed by atoms with Crippen LogP contribution in [0.3, 0.4) is 0 Å². The summed E-state index contributed by atoms with van der Waals surface area (Å²) in [5, 5.41) is 4.73. The number of piperidine rings is 1. The number of thiazole rings is 1. The number of hydrogen-bond acceptors (Lipinski definition) is 5. The predicted octanol–water partition coefficient (Wildman–Crippen LogP) is 3.96. The van der Waals surface area contributed by atoms with Crippen LogP contribution in [-0.4, -0.2) is 42.1 Å². The van der Waals surface area contributed by atoms with E-state index in [1.54, 1.807) is 0 Å². The molecule has 2 aliphatic rings. The van der Waals surface area contributed by atoms with Crippen molar-refractivity contribution in [1.29, 1.82) is 0 Å². The fourth-order valence-electron chi connectivity index (χ4n) is 3.74. The summed E-state index contributed by atoms with van der Waals surface area (Å²) in [6.07, 6.45) is 6.98. The van der Waals surface area contributed by atoms with Crippen LogP contribution in [-0.2, 0) is 6.54 Å². The summed E-state index contributed by atoms with van der Waals surface area (Å²) in [7, 11) is 0. The van der Waals surface area contributed by atoms with Crippen molar-refractivity contribution in [3.63, 3.8) is 0 Å². The zero-order chi connectivity index (χ0) is 17.1. The van der Waals surface area contributed by atoms with Gasteiger partial charge in [-0.2, -0.15) is 0 Å². The Balaban J connectivity index is 1.32. The SMILES string of the molecule is Fc1ccc(N[C@H]2CCCN(Cc3cnc(N4CCCC4)s3)C2)cc1. The van der Waals surface area contributed by atoms with Crippen LogP contribution in [0.5, 0.6) is 0 Å². The first-order chi connectivity index (χ1) is 12.3. The third-order valence-corrected chi connectivity index (χ3v) is 6.06. The number of anilines is 2. The fraction of sp³-hybridized carbons (Fsp3) is 0.526. The number of likely N-dealkylation sites (tertiary alicyclic amines) is 1. The van der Waals surface area contributed by atoms with Crippen LogP contribution in [0.2, 0.25) is 0 Å². The van der Waals surface area contributed by atoms with E-state index in [0.717, 1.165) is 44.8 Å². The molecule has 4 nitrogen and oxygen atoms in total. The van der Waals surface area contributed by atoms with Crippen LogP contribution >= 0.6 is 11.3 Å². The van der Waals surface area contributed by atoms with E-state index in [9.17, 15) is 4.39 Å². The van der Waals surface area contributed by atoms with Gasteiger partial charge in [-0.25, -0.2) is 9.37 Å². The molecular formula is C19H25FN4S. The van der Waals surface area contributed by atoms with Crippen LogP contribution < -0.4 is 10.2 Å². The molecule has 0 saturated carbocycles. The van der Waals surface area contributed by atoms with Gasteiger partial charge in [0.05, 0.1) is 0 Å². The molecule has 2 aromatic rings. The quantitative estimate of drug-likeness (QED) is 0.875. The molecule has 0 amide bonds. The molecule has 1 aromatic heterocycles. The zero-order valence-corrected chi connectivity index (χ0v) is 15.3. The summed E-state index contributed by atoms with van der Waals surface area (Å²) in [5.74, 6) is -0.185. The first kappa shape index (κ1) is 16.8. The molecule has 134 valence electrons. The van der Waals surface area contributed by atoms with Gasteiger partial charge in [0.25, 0.3) is 0 Å². The molecule has 1 aromatic carbocycles. The van der Waals surface area contributed by atoms with Gasteiger partial charge < -0.3 is 10.2 Å². The first-order valence-corrected chi connectivity index (χ1v) is 10.0. The van der Waals surface area contributed by atoms with Crippen molar-refractivity contribution in [2.24, 2.45) is 0 Å². The van der Waals surface area contributed by atoms with Gasteiger partial charge in [0, 0.05) is 49.0 Å². The van der Waals surface area contributed by atoms with Gasteiger partial charge >= 0.3 is 0 Å². The van der Waals surface area contributed by atoms with Gasteiger partial charge in [-0.15, -0.1) is 11.3 Å². The van der Waals surface area contributed by atoms with Gasteiger partial charge in [0.1, 0.15) is 5.82 Å². The third-order valence-electron chi connectivity index (χ3n) is 5.02. The molecule has 2 fully saturated rings. The number of nitrogens with one attached hydrogen (secondary N) is 1. The van der Waals surface area contributed by atoms with Gasteiger partial charge in [-0.3, -0.25) is 4.90 Å². The van der Waals surface area contributed by atoms with E-state index in [0.29, 0.717) is 6.04 Å². The van der Waals surface area contributed by atoms with Crippen LogP contribution in [0.15, 0.2) is 30.5 Å². The number of aromatic nitrogens is 1. The summed E-state index contributed by atoms with van der Waals surface area (Å²) >= 11 is 1.84. The van der Waals surface area contributed by atoms with Gasteiger partial charge in [-0.05, 0) is 56.5 Å². The maximum absolute atomic E-state index is 13.0. The highest BCUT2D eigenvalue weighted by Crippen LogP contribution is 2.27. The molecular weight excluding hydrogens is 335 g/mol. The Bertz CT molecular complexity index is 681. The maximum atomic E-state index is 13.0. The third kappa shape index (κ3) is 4.30. The smallest absolute Gasteiger partial charge is 0.185 e. The second-order valence-electron chi connectivity index (χ2n) is 7.03. The van der Waals surface area contributed by atoms with Crippen molar-refractivity contribution in [2.75, 3.05) is 36.4 Å². The molecule has 0 radical (unpaired) electrons. The maximum Gasteiger partial charge on any atom is 0.185 e. The topological polar surface area (TPSA) is 31.4 Å². The average Bonchev–Trinajstić information content (AvgIpc) is 3.29. The molecule has 2 saturated heterocycles. The van der Waals surface area contributed by atoms with E-state index in [4.69, 9.17) is 0 Å². The molecule has 0 spiro atoms. The number of hydrogen-bond donors (Lipinski definition) is 1. The van der Waals surface area contributed by atoms with Crippen LogP contribution in [0.4, 0.5) is 15.2 Å². The Hall–Kier alpha value is -1.66. The Morgan fingerprint density at radius 1 is 1.12 bits per heavy atom. The largest absolute Gasteiger partial charge is 0.381 e. The Morgan fingerprint density at radius 2 is 1.92 bits per heavy atom. The predicted molar refractivity (Wildman–Crippen MR) is 102 cm³/mol. The molecule has 1 atom stereocenters. The molecule has 3 heterocycles. The summed E-state index contributed by atoms with van der Waals surface area (Å²) < 4.78 is 13.0. The summed E-state index contributed by atoms with van der Waals surface area (Å²) in [4.78, 5) is 10.9. The van der Waals surface area contributed by atoms with Crippen LogP contribution in [0.25, 0.3) is 0 Å². The second-order valence-corrected chi connectivity index (χ2v) is 8.12. The molecule has 0 bridgehead atoms. The monoisotopic (exact) mass is 360 g/mol. The van der Waals surface area contributed by atoms with Crippen LogP contribution in [0, 0.1) is 5.82 Å². The van der Waals surface area contributed by atoms with E-state index in [1.165, 1.54) is 41.4 Å². The number of rotatable bonds is 5. The second kappa shape index (κ2) is 7.70. The van der Waals surface area contributed by atoms with Crippen molar-refractivity contribution >= 4 is 22.2 Å². The van der Waals surface area contributed by atoms with E-state index >= 15 is 0 Å². The molecule has 4 rings (SSSR count). The van der Waals surface area contributed by atoms with Gasteiger partial charge in [0.15, 0.2) is 5.13 Å². The minimum atomic E-state index is -0.185. The zero-order valence-electron chi connectivity index (χ0n) is 14.5. The minimum Gasteiger partial charge on any atom is -0.381 e. The van der Waals surface area contributed by atoms with Gasteiger partial charge in [-0.1, -0.05) is 0 Å². The Kier molecular flexibility index (Phi) is 5.17. The van der Waals surface area contributed by atoms with Crippen molar-refractivity contribution < 1.29 is 4.39 Å². The highest BCUT2D eigenvalue weighted by Gasteiger charge is 2.21. The van der Waals surface area contributed by atoms with E-state index in [2.05, 4.69) is 26.3 Å². The van der Waals surface area contributed by atoms with Crippen molar-refractivity contribution in [2.45, 2.75) is 38.3 Å². The molecule has 25 heavy (non-hydrogen) atoms. The van der Waals surface area contributed by atoms with Gasteiger partial charge in [0.2, 0.25) is 0 Å². The Labute approximate surface area is 152 Å². The van der Waals surface area contributed by atoms with Crippen molar-refractivity contribution in [3.8, 4) is 0 Å². The van der Waals surface area contributed by atoms with E-state index in [1.807, 2.05) is 23.5 Å². The Morgan fingerprint density at radius 3 is 2.72 bits per heavy atom. The molecule has 2 aliphatic heterocycles. The lowest BCUT2D eigenvalue weighted by atomic mass is 10.1. The molecule has 0 unspecified atom stereocenters. The van der Waals surface area contributed by atoms with E-state index < -0.39 is 0 Å². The lowest BCUT2D eigenvalue weighted by Crippen LogP contribution is -2.41. The summed E-state index contributed by atoms with van der Waals surface area (Å²) in [6.45, 7) is 5.45. The van der Waals surface area contributed by atoms with Crippen molar-refractivity contribution in [1.82, 2.24) is 9.88 Å². The summed E-state index contributed by atoms with van der Waals surface area (Å²) in [6, 6.07) is 7.09.